The summed E-state index contributed by atoms with van der Waals surface area (Å²) < 4.78 is 1.92. The standard InChI is InChI=1S/C19H20N4OS/c1-3-13(12-7-5-4-6-8-12)18(24)22-19-21-17-14-11-20-23(2)15(14)9-10-16(17)25-19/h4-8,11,13H,3,9-10H2,1-2H3,(H,21,22,24). The molecule has 0 bridgehead atoms. The van der Waals surface area contributed by atoms with E-state index in [1.54, 1.807) is 11.3 Å². The van der Waals surface area contributed by atoms with Crippen LogP contribution in [0.3, 0.4) is 0 Å². The maximum atomic E-state index is 12.7. The maximum absolute atomic E-state index is 12.7. The molecule has 1 N–H and O–H groups in total. The number of carbonyl (C=O) groups excluding carboxylic acids is 1. The Morgan fingerprint density at radius 3 is 2.88 bits per heavy atom. The molecule has 1 aliphatic rings. The van der Waals surface area contributed by atoms with Gasteiger partial charge in [0.15, 0.2) is 5.13 Å². The molecule has 0 aliphatic heterocycles. The van der Waals surface area contributed by atoms with E-state index in [4.69, 9.17) is 0 Å². The number of carbonyl (C=O) groups is 1. The Hall–Kier alpha value is -2.47. The molecule has 1 aromatic carbocycles. The molecule has 1 atom stereocenters. The Morgan fingerprint density at radius 1 is 1.32 bits per heavy atom. The van der Waals surface area contributed by atoms with Gasteiger partial charge in [-0.2, -0.15) is 5.10 Å². The molecule has 1 unspecified atom stereocenters. The van der Waals surface area contributed by atoms with E-state index in [0.717, 1.165) is 36.1 Å². The summed E-state index contributed by atoms with van der Waals surface area (Å²) in [7, 11) is 1.96. The molecule has 1 amide bonds. The second-order valence-corrected chi connectivity index (χ2v) is 7.36. The average molecular weight is 352 g/mol. The van der Waals surface area contributed by atoms with Crippen LogP contribution in [0.15, 0.2) is 36.5 Å². The molecule has 6 heteroatoms. The summed E-state index contributed by atoms with van der Waals surface area (Å²) in [6, 6.07) is 9.91. The average Bonchev–Trinajstić information content (AvgIpc) is 3.19. The van der Waals surface area contributed by atoms with Crippen molar-refractivity contribution in [1.29, 1.82) is 0 Å². The number of amides is 1. The van der Waals surface area contributed by atoms with Gasteiger partial charge in [0.25, 0.3) is 0 Å². The summed E-state index contributed by atoms with van der Waals surface area (Å²) in [5, 5.41) is 8.05. The number of aryl methyl sites for hydroxylation is 2. The third-order valence-corrected chi connectivity index (χ3v) is 5.79. The first-order chi connectivity index (χ1) is 12.2. The molecule has 0 saturated carbocycles. The van der Waals surface area contributed by atoms with E-state index in [1.165, 1.54) is 10.6 Å². The molecule has 3 aromatic rings. The van der Waals surface area contributed by atoms with Gasteiger partial charge in [0.05, 0.1) is 17.8 Å². The van der Waals surface area contributed by atoms with E-state index in [0.29, 0.717) is 5.13 Å². The minimum absolute atomic E-state index is 0.00575. The fourth-order valence-electron chi connectivity index (χ4n) is 3.42. The highest BCUT2D eigenvalue weighted by atomic mass is 32.1. The topological polar surface area (TPSA) is 59.8 Å². The van der Waals surface area contributed by atoms with Crippen LogP contribution in [0.2, 0.25) is 0 Å². The van der Waals surface area contributed by atoms with Crippen LogP contribution in [0.5, 0.6) is 0 Å². The maximum Gasteiger partial charge on any atom is 0.233 e. The van der Waals surface area contributed by atoms with Crippen molar-refractivity contribution in [3.63, 3.8) is 0 Å². The van der Waals surface area contributed by atoms with Crippen molar-refractivity contribution in [2.75, 3.05) is 5.32 Å². The first-order valence-corrected chi connectivity index (χ1v) is 9.35. The van der Waals surface area contributed by atoms with Gasteiger partial charge in [0.1, 0.15) is 0 Å². The Bertz CT molecular complexity index is 913. The number of nitrogens with zero attached hydrogens (tertiary/aromatic N) is 3. The third-order valence-electron chi connectivity index (χ3n) is 4.76. The fourth-order valence-corrected chi connectivity index (χ4v) is 4.40. The molecule has 2 heterocycles. The molecule has 0 spiro atoms. The highest BCUT2D eigenvalue weighted by Crippen LogP contribution is 2.38. The molecule has 0 saturated heterocycles. The monoisotopic (exact) mass is 352 g/mol. The number of nitrogens with one attached hydrogen (secondary N) is 1. The van der Waals surface area contributed by atoms with Gasteiger partial charge in [0.2, 0.25) is 5.91 Å². The van der Waals surface area contributed by atoms with Gasteiger partial charge < -0.3 is 5.32 Å². The number of aromatic nitrogens is 3. The lowest BCUT2D eigenvalue weighted by molar-refractivity contribution is -0.117. The Balaban J connectivity index is 1.58. The van der Waals surface area contributed by atoms with E-state index >= 15 is 0 Å². The third kappa shape index (κ3) is 2.87. The Morgan fingerprint density at radius 2 is 2.12 bits per heavy atom. The number of hydrogen-bond donors (Lipinski definition) is 1. The van der Waals surface area contributed by atoms with E-state index in [1.807, 2.05) is 55.2 Å². The van der Waals surface area contributed by atoms with Gasteiger partial charge in [-0.3, -0.25) is 9.48 Å². The summed E-state index contributed by atoms with van der Waals surface area (Å²) in [6.07, 6.45) is 4.55. The van der Waals surface area contributed by atoms with Crippen LogP contribution in [0.1, 0.15) is 35.4 Å². The second-order valence-electron chi connectivity index (χ2n) is 6.28. The first-order valence-electron chi connectivity index (χ1n) is 8.54. The lowest BCUT2D eigenvalue weighted by Gasteiger charge is -2.14. The van der Waals surface area contributed by atoms with Crippen molar-refractivity contribution < 1.29 is 4.79 Å². The van der Waals surface area contributed by atoms with Crippen molar-refractivity contribution in [1.82, 2.24) is 14.8 Å². The summed E-state index contributed by atoms with van der Waals surface area (Å²) in [5.74, 6) is -0.151. The molecule has 0 radical (unpaired) electrons. The first kappa shape index (κ1) is 16.0. The molecule has 5 nitrogen and oxygen atoms in total. The molecular formula is C19H20N4OS. The lowest BCUT2D eigenvalue weighted by atomic mass is 9.96. The van der Waals surface area contributed by atoms with Crippen LogP contribution in [0.25, 0.3) is 11.3 Å². The summed E-state index contributed by atoms with van der Waals surface area (Å²) >= 11 is 1.58. The van der Waals surface area contributed by atoms with Crippen molar-refractivity contribution in [2.45, 2.75) is 32.1 Å². The molecule has 4 rings (SSSR count). The van der Waals surface area contributed by atoms with Crippen molar-refractivity contribution in [3.8, 4) is 11.3 Å². The number of anilines is 1. The predicted octanol–water partition coefficient (Wildman–Crippen LogP) is 3.77. The highest BCUT2D eigenvalue weighted by Gasteiger charge is 2.25. The predicted molar refractivity (Wildman–Crippen MR) is 99.8 cm³/mol. The molecule has 0 fully saturated rings. The number of rotatable bonds is 4. The molecular weight excluding hydrogens is 332 g/mol. The van der Waals surface area contributed by atoms with Crippen molar-refractivity contribution in [2.24, 2.45) is 7.05 Å². The minimum atomic E-state index is -0.156. The SMILES string of the molecule is CCC(C(=O)Nc1nc2c(s1)CCc1c-2cnn1C)c1ccccc1. The number of thiazole rings is 1. The minimum Gasteiger partial charge on any atom is -0.301 e. The van der Waals surface area contributed by atoms with Gasteiger partial charge in [-0.15, -0.1) is 11.3 Å². The smallest absolute Gasteiger partial charge is 0.233 e. The van der Waals surface area contributed by atoms with E-state index in [-0.39, 0.29) is 11.8 Å². The van der Waals surface area contributed by atoms with Crippen molar-refractivity contribution >= 4 is 22.4 Å². The zero-order chi connectivity index (χ0) is 17.4. The summed E-state index contributed by atoms with van der Waals surface area (Å²) in [4.78, 5) is 18.7. The van der Waals surface area contributed by atoms with Crippen LogP contribution in [-0.4, -0.2) is 20.7 Å². The quantitative estimate of drug-likeness (QED) is 0.777. The van der Waals surface area contributed by atoms with Crippen molar-refractivity contribution in [3.05, 3.63) is 52.7 Å². The van der Waals surface area contributed by atoms with Crippen LogP contribution >= 0.6 is 11.3 Å². The van der Waals surface area contributed by atoms with E-state index < -0.39 is 0 Å². The number of fused-ring (bicyclic) bond motifs is 3. The molecule has 1 aliphatic carbocycles. The Kier molecular flexibility index (Phi) is 4.13. The lowest BCUT2D eigenvalue weighted by Crippen LogP contribution is -2.20. The van der Waals surface area contributed by atoms with Gasteiger partial charge in [-0.25, -0.2) is 4.98 Å². The Labute approximate surface area is 150 Å². The van der Waals surface area contributed by atoms with E-state index in [9.17, 15) is 4.79 Å². The molecule has 128 valence electrons. The normalized spacial score (nSPS) is 13.8. The molecule has 25 heavy (non-hydrogen) atoms. The number of benzene rings is 1. The van der Waals surface area contributed by atoms with Crippen LogP contribution in [0.4, 0.5) is 5.13 Å². The van der Waals surface area contributed by atoms with Crippen LogP contribution in [-0.2, 0) is 24.7 Å². The molecule has 2 aromatic heterocycles. The van der Waals surface area contributed by atoms with E-state index in [2.05, 4.69) is 15.4 Å². The zero-order valence-electron chi connectivity index (χ0n) is 14.3. The fraction of sp³-hybridized carbons (Fsp3) is 0.316. The van der Waals surface area contributed by atoms with Gasteiger partial charge >= 0.3 is 0 Å². The van der Waals surface area contributed by atoms with Gasteiger partial charge in [-0.1, -0.05) is 37.3 Å². The van der Waals surface area contributed by atoms with Crippen LogP contribution < -0.4 is 5.32 Å². The van der Waals surface area contributed by atoms with Gasteiger partial charge in [-0.05, 0) is 24.8 Å². The summed E-state index contributed by atoms with van der Waals surface area (Å²) in [6.45, 7) is 2.03. The van der Waals surface area contributed by atoms with Crippen LogP contribution in [0, 0.1) is 0 Å². The summed E-state index contributed by atoms with van der Waals surface area (Å²) in [5.41, 5.74) is 4.32. The van der Waals surface area contributed by atoms with Gasteiger partial charge in [0, 0.05) is 23.2 Å². The highest BCUT2D eigenvalue weighted by molar-refractivity contribution is 7.16. The zero-order valence-corrected chi connectivity index (χ0v) is 15.1. The number of hydrogen-bond acceptors (Lipinski definition) is 4. The second kappa shape index (κ2) is 6.44. The largest absolute Gasteiger partial charge is 0.301 e.